The summed E-state index contributed by atoms with van der Waals surface area (Å²) >= 11 is 6.01. The van der Waals surface area contributed by atoms with Crippen LogP contribution < -0.4 is 5.32 Å². The van der Waals surface area contributed by atoms with E-state index in [4.69, 9.17) is 11.6 Å². The lowest BCUT2D eigenvalue weighted by Gasteiger charge is -2.39. The average Bonchev–Trinajstić information content (AvgIpc) is 3.10. The van der Waals surface area contributed by atoms with E-state index in [1.165, 1.54) is 16.8 Å². The van der Waals surface area contributed by atoms with Crippen LogP contribution in [-0.2, 0) is 0 Å². The maximum Gasteiger partial charge on any atom is 0.288 e. The van der Waals surface area contributed by atoms with Gasteiger partial charge in [0.05, 0.1) is 11.0 Å². The number of allylic oxidation sites excluding steroid dienone is 2. The van der Waals surface area contributed by atoms with Gasteiger partial charge in [0, 0.05) is 17.7 Å². The highest BCUT2D eigenvalue weighted by molar-refractivity contribution is 6.32. The van der Waals surface area contributed by atoms with Crippen LogP contribution in [0.3, 0.4) is 0 Å². The summed E-state index contributed by atoms with van der Waals surface area (Å²) in [6.45, 7) is 4.38. The molecule has 1 heterocycles. The van der Waals surface area contributed by atoms with Crippen LogP contribution in [0.15, 0.2) is 48.6 Å². The number of para-hydroxylation sites is 1. The Labute approximate surface area is 158 Å². The largest absolute Gasteiger partial charge is 0.377 e. The van der Waals surface area contributed by atoms with Gasteiger partial charge < -0.3 is 5.32 Å². The van der Waals surface area contributed by atoms with Crippen LogP contribution in [0.25, 0.3) is 0 Å². The van der Waals surface area contributed by atoms with Crippen LogP contribution in [0.5, 0.6) is 0 Å². The van der Waals surface area contributed by atoms with Crippen molar-refractivity contribution < 1.29 is 4.92 Å². The minimum absolute atomic E-state index is 0.0263. The van der Waals surface area contributed by atoms with Gasteiger partial charge in [0.15, 0.2) is 0 Å². The number of nitro groups is 1. The van der Waals surface area contributed by atoms with E-state index in [0.29, 0.717) is 17.8 Å². The molecule has 3 atom stereocenters. The van der Waals surface area contributed by atoms with E-state index in [-0.39, 0.29) is 16.8 Å². The molecule has 1 N–H and O–H groups in total. The van der Waals surface area contributed by atoms with Gasteiger partial charge in [0.1, 0.15) is 5.02 Å². The molecule has 0 bridgehead atoms. The van der Waals surface area contributed by atoms with Crippen molar-refractivity contribution in [3.8, 4) is 0 Å². The van der Waals surface area contributed by atoms with E-state index in [9.17, 15) is 10.1 Å². The molecule has 0 saturated heterocycles. The van der Waals surface area contributed by atoms with E-state index in [1.807, 2.05) is 6.07 Å². The van der Waals surface area contributed by atoms with E-state index < -0.39 is 4.92 Å². The van der Waals surface area contributed by atoms with Crippen LogP contribution in [0.1, 0.15) is 54.8 Å². The first-order chi connectivity index (χ1) is 12.5. The Morgan fingerprint density at radius 2 is 2.08 bits per heavy atom. The summed E-state index contributed by atoms with van der Waals surface area (Å²) in [5, 5.41) is 15.2. The van der Waals surface area contributed by atoms with Gasteiger partial charge in [-0.2, -0.15) is 0 Å². The summed E-state index contributed by atoms with van der Waals surface area (Å²) in [6.07, 6.45) is 5.47. The van der Waals surface area contributed by atoms with Crippen LogP contribution in [0.2, 0.25) is 5.02 Å². The number of nitrogens with one attached hydrogen (secondary N) is 1. The zero-order chi connectivity index (χ0) is 18.4. The minimum atomic E-state index is -0.410. The Kier molecular flexibility index (Phi) is 4.23. The fraction of sp³-hybridized carbons (Fsp3) is 0.333. The summed E-state index contributed by atoms with van der Waals surface area (Å²) in [5.74, 6) is 1.09. The number of benzene rings is 2. The summed E-state index contributed by atoms with van der Waals surface area (Å²) < 4.78 is 0. The molecule has 4 rings (SSSR count). The van der Waals surface area contributed by atoms with Gasteiger partial charge in [-0.3, -0.25) is 10.1 Å². The number of anilines is 1. The molecule has 1 aliphatic carbocycles. The van der Waals surface area contributed by atoms with Crippen LogP contribution in [0.4, 0.5) is 11.4 Å². The Hall–Kier alpha value is -2.33. The highest BCUT2D eigenvalue weighted by Gasteiger charge is 2.39. The van der Waals surface area contributed by atoms with Gasteiger partial charge >= 0.3 is 0 Å². The SMILES string of the molecule is CC(C)c1cccc2c1N[C@H](c1ccc(Cl)c([N+](=O)[O-])c1)[C@H]1CC=C[C@H]21. The van der Waals surface area contributed by atoms with Crippen molar-refractivity contribution in [1.29, 1.82) is 0 Å². The summed E-state index contributed by atoms with van der Waals surface area (Å²) in [7, 11) is 0. The first-order valence-corrected chi connectivity index (χ1v) is 9.35. The molecule has 26 heavy (non-hydrogen) atoms. The van der Waals surface area contributed by atoms with Gasteiger partial charge in [-0.05, 0) is 41.0 Å². The molecule has 0 aromatic heterocycles. The number of fused-ring (bicyclic) bond motifs is 3. The lowest BCUT2D eigenvalue weighted by atomic mass is 9.75. The van der Waals surface area contributed by atoms with E-state index in [1.54, 1.807) is 12.1 Å². The van der Waals surface area contributed by atoms with Crippen molar-refractivity contribution >= 4 is 23.0 Å². The van der Waals surface area contributed by atoms with Gasteiger partial charge in [-0.15, -0.1) is 0 Å². The second kappa shape index (κ2) is 6.44. The molecule has 2 aromatic carbocycles. The van der Waals surface area contributed by atoms with E-state index >= 15 is 0 Å². The predicted molar refractivity (Wildman–Crippen MR) is 105 cm³/mol. The normalized spacial score (nSPS) is 23.5. The van der Waals surface area contributed by atoms with Crippen molar-refractivity contribution in [3.63, 3.8) is 0 Å². The van der Waals surface area contributed by atoms with E-state index in [2.05, 4.69) is 49.5 Å². The molecule has 5 heteroatoms. The molecule has 0 saturated carbocycles. The third kappa shape index (κ3) is 2.69. The van der Waals surface area contributed by atoms with Gasteiger partial charge in [0.25, 0.3) is 5.69 Å². The van der Waals surface area contributed by atoms with Gasteiger partial charge in [-0.1, -0.05) is 61.9 Å². The summed E-state index contributed by atoms with van der Waals surface area (Å²) in [5.41, 5.74) is 4.68. The van der Waals surface area contributed by atoms with Gasteiger partial charge in [-0.25, -0.2) is 0 Å². The van der Waals surface area contributed by atoms with Crippen molar-refractivity contribution in [3.05, 3.63) is 80.4 Å². The predicted octanol–water partition coefficient (Wildman–Crippen LogP) is 6.20. The standard InChI is InChI=1S/C21H21ClN2O2/c1-12(2)14-5-3-8-17-15-6-4-7-16(15)20(23-21(14)17)13-9-10-18(22)19(11-13)24(25)26/h3-6,8-12,15-16,20,23H,7H2,1-2H3/t15-,16-,20+/m0/s1. The zero-order valence-corrected chi connectivity index (χ0v) is 15.5. The van der Waals surface area contributed by atoms with Crippen LogP contribution >= 0.6 is 11.6 Å². The average molecular weight is 369 g/mol. The minimum Gasteiger partial charge on any atom is -0.377 e. The Morgan fingerprint density at radius 1 is 1.27 bits per heavy atom. The number of hydrogen-bond acceptors (Lipinski definition) is 3. The van der Waals surface area contributed by atoms with Gasteiger partial charge in [0.2, 0.25) is 0 Å². The Balaban J connectivity index is 1.82. The van der Waals surface area contributed by atoms with Crippen molar-refractivity contribution in [2.75, 3.05) is 5.32 Å². The Bertz CT molecular complexity index is 907. The second-order valence-corrected chi connectivity index (χ2v) is 7.82. The molecule has 0 radical (unpaired) electrons. The number of rotatable bonds is 3. The molecular formula is C21H21ClN2O2. The third-order valence-electron chi connectivity index (χ3n) is 5.58. The zero-order valence-electron chi connectivity index (χ0n) is 14.8. The molecule has 4 nitrogen and oxygen atoms in total. The maximum atomic E-state index is 11.3. The highest BCUT2D eigenvalue weighted by Crippen LogP contribution is 2.51. The van der Waals surface area contributed by atoms with Crippen molar-refractivity contribution in [2.24, 2.45) is 5.92 Å². The van der Waals surface area contributed by atoms with Crippen molar-refractivity contribution in [1.82, 2.24) is 0 Å². The third-order valence-corrected chi connectivity index (χ3v) is 5.90. The number of nitrogens with zero attached hydrogens (tertiary/aromatic N) is 1. The van der Waals surface area contributed by atoms with Crippen molar-refractivity contribution in [2.45, 2.75) is 38.1 Å². The molecule has 0 unspecified atom stereocenters. The number of halogens is 1. The number of hydrogen-bond donors (Lipinski definition) is 1. The lowest BCUT2D eigenvalue weighted by molar-refractivity contribution is -0.384. The first kappa shape index (κ1) is 17.1. The molecular weight excluding hydrogens is 348 g/mol. The smallest absolute Gasteiger partial charge is 0.288 e. The van der Waals surface area contributed by atoms with Crippen LogP contribution in [-0.4, -0.2) is 4.92 Å². The monoisotopic (exact) mass is 368 g/mol. The Morgan fingerprint density at radius 3 is 2.81 bits per heavy atom. The fourth-order valence-corrected chi connectivity index (χ4v) is 4.51. The number of nitro benzene ring substituents is 1. The second-order valence-electron chi connectivity index (χ2n) is 7.41. The molecule has 2 aliphatic rings. The molecule has 0 amide bonds. The first-order valence-electron chi connectivity index (χ1n) is 8.97. The molecule has 0 fully saturated rings. The topological polar surface area (TPSA) is 55.2 Å². The quantitative estimate of drug-likeness (QED) is 0.398. The van der Waals surface area contributed by atoms with Crippen LogP contribution in [0, 0.1) is 16.0 Å². The van der Waals surface area contributed by atoms with E-state index in [0.717, 1.165) is 12.0 Å². The summed E-state index contributed by atoms with van der Waals surface area (Å²) in [6, 6.07) is 11.7. The fourth-order valence-electron chi connectivity index (χ4n) is 4.32. The molecule has 2 aromatic rings. The summed E-state index contributed by atoms with van der Waals surface area (Å²) in [4.78, 5) is 10.9. The lowest BCUT2D eigenvalue weighted by Crippen LogP contribution is -2.30. The maximum absolute atomic E-state index is 11.3. The molecule has 0 spiro atoms. The molecule has 1 aliphatic heterocycles. The highest BCUT2D eigenvalue weighted by atomic mass is 35.5. The molecule has 134 valence electrons.